The van der Waals surface area contributed by atoms with Crippen molar-refractivity contribution in [3.8, 4) is 0 Å². The summed E-state index contributed by atoms with van der Waals surface area (Å²) in [6.45, 7) is -2.50. The Kier molecular flexibility index (Phi) is 1.03. The second-order valence-electron chi connectivity index (χ2n) is 1.99. The molecule has 0 aromatic heterocycles. The summed E-state index contributed by atoms with van der Waals surface area (Å²) in [4.78, 5) is 0. The lowest BCUT2D eigenvalue weighted by Gasteiger charge is -2.02. The van der Waals surface area contributed by atoms with Crippen molar-refractivity contribution in [1.29, 1.82) is 0 Å². The lowest BCUT2D eigenvalue weighted by molar-refractivity contribution is 0.738. The fourth-order valence-corrected chi connectivity index (χ4v) is 0.714. The van der Waals surface area contributed by atoms with E-state index in [1.54, 1.807) is 18.2 Å². The average Bonchev–Trinajstić information content (AvgIpc) is 2.16. The normalized spacial score (nSPS) is 23.1. The van der Waals surface area contributed by atoms with Gasteiger partial charge in [-0.15, -0.1) is 0 Å². The molecule has 1 aromatic carbocycles. The molecule has 0 aliphatic heterocycles. The van der Waals surface area contributed by atoms with Crippen LogP contribution in [0, 0.1) is 0 Å². The smallest absolute Gasteiger partial charge is 0.0332 e. The summed E-state index contributed by atoms with van der Waals surface area (Å²) >= 11 is 0. The van der Waals surface area contributed by atoms with Gasteiger partial charge < -0.3 is 5.73 Å². The van der Waals surface area contributed by atoms with Crippen LogP contribution in [0.3, 0.4) is 0 Å². The summed E-state index contributed by atoms with van der Waals surface area (Å²) in [5.41, 5.74) is 5.71. The molecule has 10 heavy (non-hydrogen) atoms. The van der Waals surface area contributed by atoms with Gasteiger partial charge in [0.15, 0.2) is 0 Å². The van der Waals surface area contributed by atoms with Crippen molar-refractivity contribution in [3.05, 3.63) is 35.9 Å². The number of nitrogens with two attached hydrogens (primary N) is 1. The van der Waals surface area contributed by atoms with E-state index in [9.17, 15) is 0 Å². The SMILES string of the molecule is [2H]C([2H])([2H])C(N)C([2H])([2H])c1ccccc1. The molecule has 0 bridgehead atoms. The molecule has 1 unspecified atom stereocenters. The van der Waals surface area contributed by atoms with Crippen molar-refractivity contribution in [3.63, 3.8) is 0 Å². The first-order valence-corrected chi connectivity index (χ1v) is 3.07. The van der Waals surface area contributed by atoms with E-state index < -0.39 is 19.3 Å². The van der Waals surface area contributed by atoms with Crippen LogP contribution in [0.2, 0.25) is 0 Å². The average molecular weight is 140 g/mol. The van der Waals surface area contributed by atoms with Gasteiger partial charge in [0.05, 0.1) is 0 Å². The Labute approximate surface area is 68.9 Å². The van der Waals surface area contributed by atoms with E-state index >= 15 is 0 Å². The number of hydrogen-bond acceptors (Lipinski definition) is 1. The molecule has 0 saturated carbocycles. The standard InChI is InChI=1S/C9H13N/c1-8(10)7-9-5-3-2-4-6-9/h2-6,8H,7,10H2,1H3/i1D3,7D2. The molecule has 1 rings (SSSR count). The molecule has 0 aliphatic carbocycles. The van der Waals surface area contributed by atoms with Gasteiger partial charge in [-0.1, -0.05) is 30.3 Å². The van der Waals surface area contributed by atoms with Crippen LogP contribution in [0.5, 0.6) is 0 Å². The second-order valence-corrected chi connectivity index (χ2v) is 1.99. The van der Waals surface area contributed by atoms with Gasteiger partial charge in [-0.25, -0.2) is 0 Å². The molecule has 0 saturated heterocycles. The van der Waals surface area contributed by atoms with E-state index in [0.29, 0.717) is 0 Å². The third-order valence-electron chi connectivity index (χ3n) is 1.10. The maximum atomic E-state index is 7.71. The minimum absolute atomic E-state index is 0.286. The van der Waals surface area contributed by atoms with Crippen LogP contribution in [0.4, 0.5) is 0 Å². The zero-order chi connectivity index (χ0) is 11.7. The summed E-state index contributed by atoms with van der Waals surface area (Å²) in [5, 5.41) is 0. The fraction of sp³-hybridized carbons (Fsp3) is 0.333. The third-order valence-corrected chi connectivity index (χ3v) is 1.10. The quantitative estimate of drug-likeness (QED) is 0.663. The Bertz CT molecular complexity index is 319. The first-order valence-electron chi connectivity index (χ1n) is 5.57. The van der Waals surface area contributed by atoms with Crippen molar-refractivity contribution in [2.45, 2.75) is 19.3 Å². The maximum absolute atomic E-state index is 7.71. The first-order chi connectivity index (χ1) is 6.76. The predicted molar refractivity (Wildman–Crippen MR) is 43.8 cm³/mol. The highest BCUT2D eigenvalue weighted by atomic mass is 14.6. The number of benzene rings is 1. The van der Waals surface area contributed by atoms with Crippen molar-refractivity contribution in [2.75, 3.05) is 0 Å². The summed E-state index contributed by atoms with van der Waals surface area (Å²) in [5.74, 6) is 0. The van der Waals surface area contributed by atoms with Crippen LogP contribution in [0.15, 0.2) is 30.3 Å². The maximum Gasteiger partial charge on any atom is 0.0332 e. The molecule has 2 N–H and O–H groups in total. The van der Waals surface area contributed by atoms with E-state index in [1.807, 2.05) is 0 Å². The van der Waals surface area contributed by atoms with Crippen molar-refractivity contribution in [1.82, 2.24) is 0 Å². The van der Waals surface area contributed by atoms with Gasteiger partial charge in [-0.2, -0.15) is 0 Å². The van der Waals surface area contributed by atoms with Gasteiger partial charge in [0, 0.05) is 12.9 Å². The van der Waals surface area contributed by atoms with Gasteiger partial charge in [-0.3, -0.25) is 0 Å². The molecule has 1 heteroatoms. The van der Waals surface area contributed by atoms with Gasteiger partial charge in [-0.05, 0) is 18.8 Å². The van der Waals surface area contributed by atoms with Crippen LogP contribution >= 0.6 is 0 Å². The van der Waals surface area contributed by atoms with Crippen molar-refractivity contribution in [2.24, 2.45) is 5.73 Å². The Balaban J connectivity index is 3.03. The molecule has 0 radical (unpaired) electrons. The number of hydrogen-bond donors (Lipinski definition) is 1. The third kappa shape index (κ3) is 2.19. The summed E-state index contributed by atoms with van der Waals surface area (Å²) in [7, 11) is 0. The van der Waals surface area contributed by atoms with Crippen LogP contribution in [0.1, 0.15) is 19.3 Å². The highest BCUT2D eigenvalue weighted by Crippen LogP contribution is 2.00. The Morgan fingerprint density at radius 1 is 1.60 bits per heavy atom. The molecule has 0 amide bonds. The van der Waals surface area contributed by atoms with E-state index in [2.05, 4.69) is 0 Å². The molecule has 0 aliphatic rings. The molecule has 0 spiro atoms. The zero-order valence-corrected chi connectivity index (χ0v) is 5.54. The minimum atomic E-state index is -2.50. The van der Waals surface area contributed by atoms with Gasteiger partial charge in [0.1, 0.15) is 0 Å². The topological polar surface area (TPSA) is 26.0 Å². The Morgan fingerprint density at radius 3 is 2.90 bits per heavy atom. The van der Waals surface area contributed by atoms with E-state index in [4.69, 9.17) is 12.6 Å². The zero-order valence-electron chi connectivity index (χ0n) is 10.5. The molecule has 0 fully saturated rings. The molecular formula is C9H13N. The van der Waals surface area contributed by atoms with Gasteiger partial charge >= 0.3 is 0 Å². The predicted octanol–water partition coefficient (Wildman–Crippen LogP) is 1.58. The van der Waals surface area contributed by atoms with Gasteiger partial charge in [0.25, 0.3) is 0 Å². The van der Waals surface area contributed by atoms with Crippen LogP contribution in [-0.2, 0) is 6.37 Å². The van der Waals surface area contributed by atoms with Crippen molar-refractivity contribution >= 4 is 0 Å². The first kappa shape index (κ1) is 3.05. The van der Waals surface area contributed by atoms with E-state index in [1.165, 1.54) is 12.1 Å². The van der Waals surface area contributed by atoms with Crippen LogP contribution in [0.25, 0.3) is 0 Å². The molecular weight excluding hydrogens is 122 g/mol. The minimum Gasteiger partial charge on any atom is -0.328 e. The van der Waals surface area contributed by atoms with E-state index in [0.717, 1.165) is 0 Å². The van der Waals surface area contributed by atoms with Crippen LogP contribution in [-0.4, -0.2) is 6.04 Å². The monoisotopic (exact) mass is 140 g/mol. The molecule has 1 aromatic rings. The fourth-order valence-electron chi connectivity index (χ4n) is 0.714. The van der Waals surface area contributed by atoms with Crippen LogP contribution < -0.4 is 5.73 Å². The summed E-state index contributed by atoms with van der Waals surface area (Å²) < 4.78 is 36.8. The Hall–Kier alpha value is -0.820. The molecule has 1 atom stereocenters. The lowest BCUT2D eigenvalue weighted by atomic mass is 10.1. The number of rotatable bonds is 2. The Morgan fingerprint density at radius 2 is 2.30 bits per heavy atom. The molecule has 54 valence electrons. The lowest BCUT2D eigenvalue weighted by Crippen LogP contribution is -2.17. The van der Waals surface area contributed by atoms with Gasteiger partial charge in [0.2, 0.25) is 0 Å². The summed E-state index contributed by atoms with van der Waals surface area (Å²) in [6, 6.07) is 6.59. The second kappa shape index (κ2) is 3.37. The largest absolute Gasteiger partial charge is 0.328 e. The van der Waals surface area contributed by atoms with E-state index in [-0.39, 0.29) is 5.56 Å². The highest BCUT2D eigenvalue weighted by molar-refractivity contribution is 5.15. The molecule has 0 heterocycles. The van der Waals surface area contributed by atoms with Crippen molar-refractivity contribution < 1.29 is 6.85 Å². The highest BCUT2D eigenvalue weighted by Gasteiger charge is 1.94. The summed E-state index contributed by atoms with van der Waals surface area (Å²) in [6.07, 6.45) is -2.05. The molecule has 1 nitrogen and oxygen atoms in total.